The summed E-state index contributed by atoms with van der Waals surface area (Å²) >= 11 is 5.95. The Bertz CT molecular complexity index is 944. The van der Waals surface area contributed by atoms with Gasteiger partial charge in [-0.25, -0.2) is 13.1 Å². The first-order valence-electron chi connectivity index (χ1n) is 7.50. The highest BCUT2D eigenvalue weighted by Crippen LogP contribution is 2.20. The van der Waals surface area contributed by atoms with Crippen molar-refractivity contribution < 1.29 is 8.42 Å². The Morgan fingerprint density at radius 3 is 2.79 bits per heavy atom. The fourth-order valence-corrected chi connectivity index (χ4v) is 3.83. The molecule has 0 spiro atoms. The van der Waals surface area contributed by atoms with Crippen LogP contribution in [0.3, 0.4) is 0 Å². The van der Waals surface area contributed by atoms with Gasteiger partial charge in [-0.2, -0.15) is 5.10 Å². The monoisotopic (exact) mass is 364 g/mol. The molecule has 0 saturated heterocycles. The van der Waals surface area contributed by atoms with Crippen molar-refractivity contribution in [3.05, 3.63) is 53.4 Å². The number of hydrogen-bond donors (Lipinski definition) is 1. The molecule has 0 saturated carbocycles. The first-order valence-corrected chi connectivity index (χ1v) is 9.36. The van der Waals surface area contributed by atoms with Crippen LogP contribution in [0.1, 0.15) is 12.1 Å². The van der Waals surface area contributed by atoms with Crippen molar-refractivity contribution in [1.82, 2.24) is 19.5 Å². The van der Waals surface area contributed by atoms with Crippen molar-refractivity contribution >= 4 is 32.5 Å². The van der Waals surface area contributed by atoms with Gasteiger partial charge in [-0.3, -0.25) is 9.67 Å². The van der Waals surface area contributed by atoms with Crippen LogP contribution in [-0.4, -0.2) is 29.7 Å². The summed E-state index contributed by atoms with van der Waals surface area (Å²) in [5.41, 5.74) is 1.24. The molecule has 0 aliphatic rings. The highest BCUT2D eigenvalue weighted by molar-refractivity contribution is 7.89. The van der Waals surface area contributed by atoms with Crippen LogP contribution in [0.15, 0.2) is 47.6 Å². The number of halogens is 1. The van der Waals surface area contributed by atoms with Crippen molar-refractivity contribution in [3.8, 4) is 0 Å². The zero-order valence-electron chi connectivity index (χ0n) is 13.1. The van der Waals surface area contributed by atoms with Crippen LogP contribution in [-0.2, 0) is 16.6 Å². The normalized spacial score (nSPS) is 11.9. The van der Waals surface area contributed by atoms with Crippen LogP contribution in [0, 0.1) is 6.92 Å². The van der Waals surface area contributed by atoms with Gasteiger partial charge in [0, 0.05) is 30.9 Å². The van der Waals surface area contributed by atoms with Gasteiger partial charge in [-0.05, 0) is 25.5 Å². The fourth-order valence-electron chi connectivity index (χ4n) is 2.43. The lowest BCUT2D eigenvalue weighted by molar-refractivity contribution is 0.551. The number of benzene rings is 1. The molecule has 2 heterocycles. The number of sulfonamides is 1. The number of nitrogens with one attached hydrogen (secondary N) is 1. The molecule has 126 valence electrons. The Labute approximate surface area is 145 Å². The second kappa shape index (κ2) is 6.88. The summed E-state index contributed by atoms with van der Waals surface area (Å²) in [4.78, 5) is 4.38. The van der Waals surface area contributed by atoms with Gasteiger partial charge in [0.15, 0.2) is 0 Å². The van der Waals surface area contributed by atoms with E-state index in [0.29, 0.717) is 30.0 Å². The average Bonchev–Trinajstić information content (AvgIpc) is 2.89. The Morgan fingerprint density at radius 2 is 2.04 bits per heavy atom. The molecule has 0 radical (unpaired) electrons. The first kappa shape index (κ1) is 16.9. The molecule has 1 aromatic carbocycles. The van der Waals surface area contributed by atoms with Crippen molar-refractivity contribution in [2.24, 2.45) is 0 Å². The van der Waals surface area contributed by atoms with Crippen LogP contribution in [0.2, 0.25) is 5.02 Å². The number of pyridine rings is 1. The zero-order valence-corrected chi connectivity index (χ0v) is 14.7. The largest absolute Gasteiger partial charge is 0.271 e. The standard InChI is InChI=1S/C16H17ClN4O2S/c1-12-14(17)11-21(20-12)10-4-9-19-24(22,23)15-7-2-5-13-6-3-8-18-16(13)15/h2-3,5-8,11,19H,4,9-10H2,1H3. The van der Waals surface area contributed by atoms with Gasteiger partial charge in [0.25, 0.3) is 0 Å². The highest BCUT2D eigenvalue weighted by atomic mass is 35.5. The topological polar surface area (TPSA) is 76.9 Å². The number of nitrogens with zero attached hydrogens (tertiary/aromatic N) is 3. The molecule has 0 unspecified atom stereocenters. The second-order valence-corrected chi connectivity index (χ2v) is 7.55. The quantitative estimate of drug-likeness (QED) is 0.682. The summed E-state index contributed by atoms with van der Waals surface area (Å²) in [6, 6.07) is 8.74. The number of aryl methyl sites for hydroxylation is 2. The molecule has 0 aliphatic heterocycles. The molecule has 1 N–H and O–H groups in total. The maximum atomic E-state index is 12.5. The van der Waals surface area contributed by atoms with Crippen LogP contribution in [0.5, 0.6) is 0 Å². The minimum absolute atomic E-state index is 0.193. The molecule has 8 heteroatoms. The van der Waals surface area contributed by atoms with Crippen LogP contribution < -0.4 is 4.72 Å². The lowest BCUT2D eigenvalue weighted by Crippen LogP contribution is -2.26. The van der Waals surface area contributed by atoms with Crippen molar-refractivity contribution in [2.75, 3.05) is 6.54 Å². The molecule has 6 nitrogen and oxygen atoms in total. The van der Waals surface area contributed by atoms with Gasteiger partial charge >= 0.3 is 0 Å². The van der Waals surface area contributed by atoms with Crippen LogP contribution in [0.25, 0.3) is 10.9 Å². The van der Waals surface area contributed by atoms with Gasteiger partial charge < -0.3 is 0 Å². The predicted molar refractivity (Wildman–Crippen MR) is 93.5 cm³/mol. The smallest absolute Gasteiger partial charge is 0.242 e. The number of para-hydroxylation sites is 1. The van der Waals surface area contributed by atoms with Gasteiger partial charge in [-0.15, -0.1) is 0 Å². The number of rotatable bonds is 6. The van der Waals surface area contributed by atoms with Crippen LogP contribution >= 0.6 is 11.6 Å². The fraction of sp³-hybridized carbons (Fsp3) is 0.250. The first-order chi connectivity index (χ1) is 11.5. The Kier molecular flexibility index (Phi) is 4.84. The van der Waals surface area contributed by atoms with Crippen molar-refractivity contribution in [2.45, 2.75) is 24.8 Å². The molecule has 3 aromatic rings. The lowest BCUT2D eigenvalue weighted by atomic mass is 10.2. The molecule has 2 aromatic heterocycles. The van der Waals surface area contributed by atoms with E-state index in [1.165, 1.54) is 0 Å². The van der Waals surface area contributed by atoms with E-state index in [1.807, 2.05) is 19.1 Å². The molecular formula is C16H17ClN4O2S. The van der Waals surface area contributed by atoms with E-state index in [1.54, 1.807) is 35.3 Å². The van der Waals surface area contributed by atoms with Gasteiger partial charge in [0.2, 0.25) is 10.0 Å². The van der Waals surface area contributed by atoms with Crippen molar-refractivity contribution in [1.29, 1.82) is 0 Å². The predicted octanol–water partition coefficient (Wildman–Crippen LogP) is 2.76. The third kappa shape index (κ3) is 3.58. The molecular weight excluding hydrogens is 348 g/mol. The summed E-state index contributed by atoms with van der Waals surface area (Å²) in [7, 11) is -3.61. The molecule has 0 atom stereocenters. The number of aromatic nitrogens is 3. The van der Waals surface area contributed by atoms with E-state index >= 15 is 0 Å². The number of hydrogen-bond acceptors (Lipinski definition) is 4. The third-order valence-electron chi connectivity index (χ3n) is 3.63. The minimum atomic E-state index is -3.61. The van der Waals surface area contributed by atoms with E-state index < -0.39 is 10.0 Å². The summed E-state index contributed by atoms with van der Waals surface area (Å²) in [5, 5.41) is 5.64. The van der Waals surface area contributed by atoms with E-state index in [-0.39, 0.29) is 4.90 Å². The molecule has 0 aliphatic carbocycles. The van der Waals surface area contributed by atoms with Gasteiger partial charge in [0.1, 0.15) is 4.90 Å². The van der Waals surface area contributed by atoms with E-state index in [0.717, 1.165) is 11.1 Å². The third-order valence-corrected chi connectivity index (χ3v) is 5.49. The Balaban J connectivity index is 1.67. The van der Waals surface area contributed by atoms with Gasteiger partial charge in [0.05, 0.1) is 16.2 Å². The van der Waals surface area contributed by atoms with E-state index in [2.05, 4.69) is 14.8 Å². The molecule has 0 amide bonds. The molecule has 24 heavy (non-hydrogen) atoms. The van der Waals surface area contributed by atoms with Gasteiger partial charge in [-0.1, -0.05) is 29.8 Å². The summed E-state index contributed by atoms with van der Waals surface area (Å²) in [6.45, 7) is 2.72. The molecule has 3 rings (SSSR count). The van der Waals surface area contributed by atoms with Crippen LogP contribution in [0.4, 0.5) is 0 Å². The zero-order chi connectivity index (χ0) is 17.2. The average molecular weight is 365 g/mol. The summed E-state index contributed by atoms with van der Waals surface area (Å²) < 4.78 is 29.4. The van der Waals surface area contributed by atoms with E-state index in [9.17, 15) is 8.42 Å². The number of fused-ring (bicyclic) bond motifs is 1. The SMILES string of the molecule is Cc1nn(CCCNS(=O)(=O)c2cccc3cccnc23)cc1Cl. The maximum Gasteiger partial charge on any atom is 0.242 e. The summed E-state index contributed by atoms with van der Waals surface area (Å²) in [6.07, 6.45) is 3.93. The molecule has 0 bridgehead atoms. The lowest BCUT2D eigenvalue weighted by Gasteiger charge is -2.09. The van der Waals surface area contributed by atoms with E-state index in [4.69, 9.17) is 11.6 Å². The van der Waals surface area contributed by atoms with Crippen molar-refractivity contribution in [3.63, 3.8) is 0 Å². The molecule has 0 fully saturated rings. The second-order valence-electron chi connectivity index (χ2n) is 5.41. The summed E-state index contributed by atoms with van der Waals surface area (Å²) in [5.74, 6) is 0. The minimum Gasteiger partial charge on any atom is -0.271 e. The Morgan fingerprint density at radius 1 is 1.25 bits per heavy atom. The highest BCUT2D eigenvalue weighted by Gasteiger charge is 2.17. The Hall–Kier alpha value is -1.96. The maximum absolute atomic E-state index is 12.5.